The summed E-state index contributed by atoms with van der Waals surface area (Å²) in [5, 5.41) is 11.2. The van der Waals surface area contributed by atoms with Gasteiger partial charge in [-0.2, -0.15) is 0 Å². The molecule has 1 heterocycles. The standard InChI is InChI=1S/C25H18Cl2FNO5/c1-33-19-10-8-14(12-20(19)34-2)29-22(13-7-9-17(27)18(28)11-13)21(24(31)25(29)32)23(30)15-5-3-4-6-16(15)26/h3-12,22,30H,1-2H3. The van der Waals surface area contributed by atoms with Crippen LogP contribution in [0.5, 0.6) is 11.5 Å². The van der Waals surface area contributed by atoms with Crippen molar-refractivity contribution in [3.8, 4) is 11.5 Å². The van der Waals surface area contributed by atoms with Crippen molar-refractivity contribution in [1.29, 1.82) is 0 Å². The molecular formula is C25H18Cl2FNO5. The normalized spacial score (nSPS) is 17.2. The number of hydrogen-bond acceptors (Lipinski definition) is 5. The van der Waals surface area contributed by atoms with E-state index < -0.39 is 29.3 Å². The molecule has 174 valence electrons. The Kier molecular flexibility index (Phi) is 6.50. The number of carbonyl (C=O) groups excluding carboxylic acids is 2. The molecule has 0 spiro atoms. The van der Waals surface area contributed by atoms with E-state index in [1.54, 1.807) is 24.3 Å². The molecular weight excluding hydrogens is 484 g/mol. The van der Waals surface area contributed by atoms with Gasteiger partial charge < -0.3 is 14.6 Å². The van der Waals surface area contributed by atoms with Crippen molar-refractivity contribution >= 4 is 46.3 Å². The van der Waals surface area contributed by atoms with Crippen LogP contribution in [0.2, 0.25) is 10.0 Å². The van der Waals surface area contributed by atoms with Crippen molar-refractivity contribution in [1.82, 2.24) is 0 Å². The zero-order valence-electron chi connectivity index (χ0n) is 18.0. The molecule has 0 aromatic heterocycles. The van der Waals surface area contributed by atoms with Gasteiger partial charge in [-0.1, -0.05) is 41.4 Å². The highest BCUT2D eigenvalue weighted by atomic mass is 35.5. The van der Waals surface area contributed by atoms with Crippen LogP contribution in [0.25, 0.3) is 5.76 Å². The van der Waals surface area contributed by atoms with Gasteiger partial charge in [0.2, 0.25) is 0 Å². The van der Waals surface area contributed by atoms with Gasteiger partial charge in [-0.15, -0.1) is 0 Å². The van der Waals surface area contributed by atoms with Gasteiger partial charge in [0, 0.05) is 17.3 Å². The van der Waals surface area contributed by atoms with Gasteiger partial charge >= 0.3 is 0 Å². The number of ether oxygens (including phenoxy) is 2. The van der Waals surface area contributed by atoms with Crippen LogP contribution >= 0.6 is 23.2 Å². The maximum Gasteiger partial charge on any atom is 0.300 e. The van der Waals surface area contributed by atoms with Crippen LogP contribution < -0.4 is 14.4 Å². The molecule has 1 aliphatic heterocycles. The van der Waals surface area contributed by atoms with Crippen LogP contribution in [0.15, 0.2) is 66.2 Å². The summed E-state index contributed by atoms with van der Waals surface area (Å²) in [6, 6.07) is 13.7. The Bertz CT molecular complexity index is 1340. The van der Waals surface area contributed by atoms with E-state index >= 15 is 0 Å². The van der Waals surface area contributed by atoms with Crippen molar-refractivity contribution in [3.05, 3.63) is 93.2 Å². The minimum Gasteiger partial charge on any atom is -0.507 e. The molecule has 9 heteroatoms. The second kappa shape index (κ2) is 9.37. The molecule has 6 nitrogen and oxygen atoms in total. The Morgan fingerprint density at radius 3 is 2.29 bits per heavy atom. The molecule has 0 radical (unpaired) electrons. The van der Waals surface area contributed by atoms with E-state index in [1.807, 2.05) is 0 Å². The fourth-order valence-corrected chi connectivity index (χ4v) is 4.21. The Morgan fingerprint density at radius 2 is 1.65 bits per heavy atom. The molecule has 1 N–H and O–H groups in total. The fraction of sp³-hybridized carbons (Fsp3) is 0.120. The van der Waals surface area contributed by atoms with E-state index in [2.05, 4.69) is 0 Å². The monoisotopic (exact) mass is 501 g/mol. The predicted molar refractivity (Wildman–Crippen MR) is 127 cm³/mol. The van der Waals surface area contributed by atoms with Gasteiger partial charge in [-0.05, 0) is 42.0 Å². The summed E-state index contributed by atoms with van der Waals surface area (Å²) in [4.78, 5) is 27.6. The lowest BCUT2D eigenvalue weighted by Crippen LogP contribution is -2.29. The molecule has 3 aromatic carbocycles. The number of carbonyl (C=O) groups is 2. The van der Waals surface area contributed by atoms with Crippen LogP contribution in [0.3, 0.4) is 0 Å². The third-order valence-electron chi connectivity index (χ3n) is 5.48. The van der Waals surface area contributed by atoms with Gasteiger partial charge in [-0.25, -0.2) is 4.39 Å². The molecule has 4 rings (SSSR count). The summed E-state index contributed by atoms with van der Waals surface area (Å²) in [6.07, 6.45) is 0. The lowest BCUT2D eigenvalue weighted by molar-refractivity contribution is -0.132. The van der Waals surface area contributed by atoms with E-state index in [4.69, 9.17) is 32.7 Å². The molecule has 1 unspecified atom stereocenters. The van der Waals surface area contributed by atoms with Crippen molar-refractivity contribution in [2.45, 2.75) is 6.04 Å². The molecule has 0 aliphatic carbocycles. The average molecular weight is 502 g/mol. The van der Waals surface area contributed by atoms with Crippen LogP contribution in [0, 0.1) is 5.82 Å². The maximum absolute atomic E-state index is 14.4. The number of hydrogen-bond donors (Lipinski definition) is 1. The van der Waals surface area contributed by atoms with Gasteiger partial charge in [0.25, 0.3) is 11.7 Å². The number of aliphatic hydroxyl groups excluding tert-OH is 1. The highest BCUT2D eigenvalue weighted by Gasteiger charge is 2.47. The number of rotatable bonds is 5. The topological polar surface area (TPSA) is 76.1 Å². The summed E-state index contributed by atoms with van der Waals surface area (Å²) >= 11 is 12.1. The second-order valence-corrected chi connectivity index (χ2v) is 8.18. The molecule has 1 saturated heterocycles. The van der Waals surface area contributed by atoms with Crippen LogP contribution in [0.1, 0.15) is 17.2 Å². The molecule has 1 fully saturated rings. The SMILES string of the molecule is COc1ccc(N2C(=O)C(=O)C(=C(O)c3ccccc3Cl)C2c2ccc(Cl)c(F)c2)cc1OC. The van der Waals surface area contributed by atoms with Crippen molar-refractivity contribution < 1.29 is 28.6 Å². The van der Waals surface area contributed by atoms with Crippen LogP contribution in [-0.2, 0) is 9.59 Å². The van der Waals surface area contributed by atoms with Gasteiger partial charge in [0.1, 0.15) is 11.6 Å². The summed E-state index contributed by atoms with van der Waals surface area (Å²) < 4.78 is 25.0. The largest absolute Gasteiger partial charge is 0.507 e. The molecule has 0 bridgehead atoms. The maximum atomic E-state index is 14.4. The molecule has 34 heavy (non-hydrogen) atoms. The average Bonchev–Trinajstić information content (AvgIpc) is 3.10. The number of methoxy groups -OCH3 is 2. The highest BCUT2D eigenvalue weighted by molar-refractivity contribution is 6.52. The molecule has 0 saturated carbocycles. The number of aliphatic hydroxyl groups is 1. The number of ketones is 1. The Hall–Kier alpha value is -3.55. The van der Waals surface area contributed by atoms with E-state index in [0.717, 1.165) is 11.0 Å². The van der Waals surface area contributed by atoms with Gasteiger partial charge in [-0.3, -0.25) is 14.5 Å². The van der Waals surface area contributed by atoms with E-state index in [1.165, 1.54) is 44.6 Å². The number of anilines is 1. The number of benzene rings is 3. The zero-order valence-corrected chi connectivity index (χ0v) is 19.5. The first kappa shape index (κ1) is 23.6. The second-order valence-electron chi connectivity index (χ2n) is 7.36. The van der Waals surface area contributed by atoms with Crippen molar-refractivity contribution in [2.24, 2.45) is 0 Å². The lowest BCUT2D eigenvalue weighted by atomic mass is 9.95. The minimum absolute atomic E-state index is 0.127. The third-order valence-corrected chi connectivity index (χ3v) is 6.11. The van der Waals surface area contributed by atoms with E-state index in [0.29, 0.717) is 11.5 Å². The minimum atomic E-state index is -1.17. The first-order chi connectivity index (χ1) is 16.3. The third kappa shape index (κ3) is 3.97. The highest BCUT2D eigenvalue weighted by Crippen LogP contribution is 2.45. The first-order valence-corrected chi connectivity index (χ1v) is 10.8. The fourth-order valence-electron chi connectivity index (χ4n) is 3.87. The Balaban J connectivity index is 1.99. The zero-order chi connectivity index (χ0) is 24.6. The Labute approximate surface area is 204 Å². The summed E-state index contributed by atoms with van der Waals surface area (Å²) in [5.41, 5.74) is 0.423. The number of nitrogens with zero attached hydrogens (tertiary/aromatic N) is 1. The lowest BCUT2D eigenvalue weighted by Gasteiger charge is -2.26. The predicted octanol–water partition coefficient (Wildman–Crippen LogP) is 5.78. The van der Waals surface area contributed by atoms with E-state index in [9.17, 15) is 19.1 Å². The molecule has 1 atom stereocenters. The quantitative estimate of drug-likeness (QED) is 0.272. The molecule has 1 amide bonds. The summed E-state index contributed by atoms with van der Waals surface area (Å²) in [6.45, 7) is 0. The van der Waals surface area contributed by atoms with Gasteiger partial charge in [0.15, 0.2) is 11.5 Å². The smallest absolute Gasteiger partial charge is 0.300 e. The summed E-state index contributed by atoms with van der Waals surface area (Å²) in [5.74, 6) is -2.36. The molecule has 1 aliphatic rings. The molecule has 3 aromatic rings. The number of halogens is 3. The number of amides is 1. The Morgan fingerprint density at radius 1 is 0.941 bits per heavy atom. The summed E-state index contributed by atoms with van der Waals surface area (Å²) in [7, 11) is 2.89. The van der Waals surface area contributed by atoms with Crippen LogP contribution in [0.4, 0.5) is 10.1 Å². The first-order valence-electron chi connectivity index (χ1n) is 10.0. The van der Waals surface area contributed by atoms with Crippen LogP contribution in [-0.4, -0.2) is 31.0 Å². The van der Waals surface area contributed by atoms with Gasteiger partial charge in [0.05, 0.1) is 35.9 Å². The number of Topliss-reactive ketones (excluding diaryl/α,β-unsaturated/α-hetero) is 1. The van der Waals surface area contributed by atoms with Crippen molar-refractivity contribution in [2.75, 3.05) is 19.1 Å². The van der Waals surface area contributed by atoms with Crippen molar-refractivity contribution in [3.63, 3.8) is 0 Å². The van der Waals surface area contributed by atoms with E-state index in [-0.39, 0.29) is 32.4 Å².